The van der Waals surface area contributed by atoms with E-state index in [1.54, 1.807) is 6.08 Å². The van der Waals surface area contributed by atoms with Crippen molar-refractivity contribution in [1.29, 1.82) is 0 Å². The summed E-state index contributed by atoms with van der Waals surface area (Å²) in [6.45, 7) is 2.03. The van der Waals surface area contributed by atoms with Gasteiger partial charge in [0.25, 0.3) is 11.1 Å². The van der Waals surface area contributed by atoms with Crippen LogP contribution in [-0.2, 0) is 22.3 Å². The van der Waals surface area contributed by atoms with E-state index in [9.17, 15) is 27.6 Å². The van der Waals surface area contributed by atoms with Gasteiger partial charge in [-0.05, 0) is 54.6 Å². The number of fused-ring (bicyclic) bond motifs is 1. The Kier molecular flexibility index (Phi) is 7.05. The summed E-state index contributed by atoms with van der Waals surface area (Å²) < 4.78 is 41.0. The average Bonchev–Trinajstić information content (AvgIpc) is 3.35. The van der Waals surface area contributed by atoms with Gasteiger partial charge in [-0.1, -0.05) is 54.1 Å². The minimum atomic E-state index is -4.57. The van der Waals surface area contributed by atoms with Crippen molar-refractivity contribution in [3.8, 4) is 0 Å². The number of hydrogen-bond donors (Lipinski definition) is 1. The number of imide groups is 1. The third-order valence-electron chi connectivity index (χ3n) is 6.19. The number of aryl methyl sites for hydroxylation is 1. The number of halogens is 3. The normalized spacial score (nSPS) is 15.0. The number of carbonyl (C=O) groups excluding carboxylic acids is 3. The number of aromatic nitrogens is 1. The van der Waals surface area contributed by atoms with E-state index in [1.165, 1.54) is 6.07 Å². The zero-order valence-corrected chi connectivity index (χ0v) is 21.5. The van der Waals surface area contributed by atoms with Crippen LogP contribution in [0.25, 0.3) is 17.0 Å². The highest BCUT2D eigenvalue weighted by atomic mass is 32.2. The van der Waals surface area contributed by atoms with E-state index in [0.717, 1.165) is 50.7 Å². The van der Waals surface area contributed by atoms with Crippen molar-refractivity contribution in [2.24, 2.45) is 0 Å². The average molecular weight is 550 g/mol. The lowest BCUT2D eigenvalue weighted by Crippen LogP contribution is -2.36. The number of anilines is 1. The van der Waals surface area contributed by atoms with Crippen molar-refractivity contribution in [1.82, 2.24) is 9.47 Å². The smallest absolute Gasteiger partial charge is 0.342 e. The van der Waals surface area contributed by atoms with E-state index in [4.69, 9.17) is 0 Å². The molecule has 0 unspecified atom stereocenters. The Balaban J connectivity index is 1.35. The summed E-state index contributed by atoms with van der Waals surface area (Å²) >= 11 is 0.715. The molecule has 2 heterocycles. The predicted molar refractivity (Wildman–Crippen MR) is 145 cm³/mol. The van der Waals surface area contributed by atoms with Gasteiger partial charge >= 0.3 is 6.18 Å². The Morgan fingerprint density at radius 3 is 2.54 bits per heavy atom. The molecule has 198 valence electrons. The molecule has 6 nitrogen and oxygen atoms in total. The Hall–Kier alpha value is -4.31. The van der Waals surface area contributed by atoms with Gasteiger partial charge in [-0.25, -0.2) is 0 Å². The molecule has 4 aromatic rings. The molecular weight excluding hydrogens is 527 g/mol. The van der Waals surface area contributed by atoms with Gasteiger partial charge in [-0.2, -0.15) is 13.2 Å². The SMILES string of the molecule is Cc1cccc(Cn2cc(/C=C3/SC(=O)N(CC(=O)Nc4cccc(C(F)(F)F)c4)C3=O)c3ccccc32)c1. The van der Waals surface area contributed by atoms with Crippen LogP contribution in [0.2, 0.25) is 0 Å². The second kappa shape index (κ2) is 10.5. The third kappa shape index (κ3) is 5.75. The van der Waals surface area contributed by atoms with Crippen molar-refractivity contribution >= 4 is 51.5 Å². The van der Waals surface area contributed by atoms with Crippen molar-refractivity contribution in [2.75, 3.05) is 11.9 Å². The summed E-state index contributed by atoms with van der Waals surface area (Å²) in [4.78, 5) is 39.1. The van der Waals surface area contributed by atoms with Crippen LogP contribution < -0.4 is 5.32 Å². The summed E-state index contributed by atoms with van der Waals surface area (Å²) in [5, 5.41) is 2.60. The zero-order chi connectivity index (χ0) is 27.7. The molecule has 1 saturated heterocycles. The van der Waals surface area contributed by atoms with Crippen LogP contribution in [0, 0.1) is 6.92 Å². The molecule has 1 fully saturated rings. The number of amides is 3. The van der Waals surface area contributed by atoms with Gasteiger partial charge in [0, 0.05) is 34.9 Å². The predicted octanol–water partition coefficient (Wildman–Crippen LogP) is 6.69. The second-order valence-corrected chi connectivity index (χ2v) is 10.1. The highest BCUT2D eigenvalue weighted by Gasteiger charge is 2.36. The van der Waals surface area contributed by atoms with E-state index in [0.29, 0.717) is 18.3 Å². The Morgan fingerprint density at radius 2 is 1.77 bits per heavy atom. The molecule has 1 N–H and O–H groups in total. The minimum Gasteiger partial charge on any atom is -0.342 e. The maximum absolute atomic E-state index is 13.0. The van der Waals surface area contributed by atoms with Crippen molar-refractivity contribution < 1.29 is 27.6 Å². The molecule has 0 bridgehead atoms. The fourth-order valence-corrected chi connectivity index (χ4v) is 5.25. The maximum Gasteiger partial charge on any atom is 0.416 e. The largest absolute Gasteiger partial charge is 0.416 e. The minimum absolute atomic E-state index is 0.0845. The van der Waals surface area contributed by atoms with E-state index in [2.05, 4.69) is 16.0 Å². The van der Waals surface area contributed by atoms with E-state index in [1.807, 2.05) is 55.6 Å². The fraction of sp³-hybridized carbons (Fsp3) is 0.138. The molecule has 1 aromatic heterocycles. The number of para-hydroxylation sites is 1. The van der Waals surface area contributed by atoms with Crippen LogP contribution in [-0.4, -0.2) is 33.1 Å². The van der Waals surface area contributed by atoms with Crippen LogP contribution in [0.1, 0.15) is 22.3 Å². The molecule has 1 aliphatic heterocycles. The molecular formula is C29H22F3N3O3S. The Labute approximate surface area is 226 Å². The first-order valence-electron chi connectivity index (χ1n) is 11.9. The van der Waals surface area contributed by atoms with Gasteiger partial charge in [0.2, 0.25) is 5.91 Å². The molecule has 0 saturated carbocycles. The van der Waals surface area contributed by atoms with Crippen LogP contribution in [0.5, 0.6) is 0 Å². The van der Waals surface area contributed by atoms with E-state index < -0.39 is 35.3 Å². The molecule has 5 rings (SSSR count). The summed E-state index contributed by atoms with van der Waals surface area (Å²) in [5.74, 6) is -1.42. The highest BCUT2D eigenvalue weighted by molar-refractivity contribution is 8.18. The van der Waals surface area contributed by atoms with E-state index >= 15 is 0 Å². The van der Waals surface area contributed by atoms with E-state index in [-0.39, 0.29) is 10.6 Å². The van der Waals surface area contributed by atoms with Gasteiger partial charge in [0.05, 0.1) is 10.5 Å². The lowest BCUT2D eigenvalue weighted by molar-refractivity contribution is -0.137. The summed E-state index contributed by atoms with van der Waals surface area (Å²) in [6.07, 6.45) is -1.02. The Bertz CT molecular complexity index is 1640. The van der Waals surface area contributed by atoms with Crippen LogP contribution in [0.15, 0.2) is 83.9 Å². The number of benzene rings is 3. The first-order chi connectivity index (χ1) is 18.6. The second-order valence-electron chi connectivity index (χ2n) is 9.11. The number of hydrogen-bond acceptors (Lipinski definition) is 4. The van der Waals surface area contributed by atoms with Crippen LogP contribution >= 0.6 is 11.8 Å². The third-order valence-corrected chi connectivity index (χ3v) is 7.10. The van der Waals surface area contributed by atoms with Gasteiger partial charge in [0.1, 0.15) is 6.54 Å². The number of nitrogens with zero attached hydrogens (tertiary/aromatic N) is 2. The van der Waals surface area contributed by atoms with Gasteiger partial charge in [0.15, 0.2) is 0 Å². The van der Waals surface area contributed by atoms with Gasteiger partial charge in [-0.15, -0.1) is 0 Å². The fourth-order valence-electron chi connectivity index (χ4n) is 4.42. The number of carbonyl (C=O) groups is 3. The number of alkyl halides is 3. The quantitative estimate of drug-likeness (QED) is 0.272. The lowest BCUT2D eigenvalue weighted by Gasteiger charge is -2.13. The molecule has 0 aliphatic carbocycles. The topological polar surface area (TPSA) is 71.4 Å². The standard InChI is InChI=1S/C29H22F3N3O3S/c1-18-6-4-7-19(12-18)15-34-16-20(23-10-2-3-11-24(23)34)13-25-27(37)35(28(38)39-25)17-26(36)33-22-9-5-8-21(14-22)29(30,31)32/h2-14,16H,15,17H2,1H3,(H,33,36)/b25-13+. The van der Waals surface area contributed by atoms with Crippen molar-refractivity contribution in [3.05, 3.63) is 106 Å². The molecule has 1 aliphatic rings. The van der Waals surface area contributed by atoms with Crippen LogP contribution in [0.4, 0.5) is 23.7 Å². The van der Waals surface area contributed by atoms with Crippen molar-refractivity contribution in [2.45, 2.75) is 19.6 Å². The molecule has 0 atom stereocenters. The number of nitrogens with one attached hydrogen (secondary N) is 1. The summed E-state index contributed by atoms with van der Waals surface area (Å²) in [7, 11) is 0. The monoisotopic (exact) mass is 549 g/mol. The molecule has 39 heavy (non-hydrogen) atoms. The summed E-state index contributed by atoms with van der Waals surface area (Å²) in [6, 6.07) is 20.0. The maximum atomic E-state index is 13.0. The number of rotatable bonds is 6. The first kappa shape index (κ1) is 26.3. The van der Waals surface area contributed by atoms with Crippen molar-refractivity contribution in [3.63, 3.8) is 0 Å². The first-order valence-corrected chi connectivity index (χ1v) is 12.8. The zero-order valence-electron chi connectivity index (χ0n) is 20.7. The molecule has 0 spiro atoms. The summed E-state index contributed by atoms with van der Waals surface area (Å²) in [5.41, 5.74) is 2.97. The molecule has 10 heteroatoms. The molecule has 3 amide bonds. The van der Waals surface area contributed by atoms with Gasteiger partial charge in [-0.3, -0.25) is 19.3 Å². The number of thioether (sulfide) groups is 1. The van der Waals surface area contributed by atoms with Crippen LogP contribution in [0.3, 0.4) is 0 Å². The van der Waals surface area contributed by atoms with Gasteiger partial charge < -0.3 is 9.88 Å². The highest BCUT2D eigenvalue weighted by Crippen LogP contribution is 2.35. The molecule has 0 radical (unpaired) electrons. The Morgan fingerprint density at radius 1 is 1.00 bits per heavy atom. The molecule has 3 aromatic carbocycles. The lowest BCUT2D eigenvalue weighted by atomic mass is 10.1.